The standard InChI is InChI=1S/C8H15NO4/c1-3-9(5-4-7(10)11)6(2)8(12)13/h6H,3-5H2,1-2H3,(H,10,11)(H,12,13). The first-order valence-corrected chi connectivity index (χ1v) is 4.17. The van der Waals surface area contributed by atoms with E-state index in [-0.39, 0.29) is 13.0 Å². The summed E-state index contributed by atoms with van der Waals surface area (Å²) in [6.07, 6.45) is -0.0224. The molecule has 0 aromatic heterocycles. The van der Waals surface area contributed by atoms with E-state index in [9.17, 15) is 9.59 Å². The second-order valence-corrected chi connectivity index (χ2v) is 2.79. The van der Waals surface area contributed by atoms with Crippen LogP contribution in [0.2, 0.25) is 0 Å². The van der Waals surface area contributed by atoms with Gasteiger partial charge in [0.05, 0.1) is 6.42 Å². The van der Waals surface area contributed by atoms with Crippen LogP contribution in [0.4, 0.5) is 0 Å². The van der Waals surface area contributed by atoms with Gasteiger partial charge in [0, 0.05) is 6.54 Å². The second-order valence-electron chi connectivity index (χ2n) is 2.79. The van der Waals surface area contributed by atoms with Crippen molar-refractivity contribution in [1.82, 2.24) is 4.90 Å². The van der Waals surface area contributed by atoms with Gasteiger partial charge in [0.1, 0.15) is 6.04 Å². The van der Waals surface area contributed by atoms with Gasteiger partial charge in [-0.3, -0.25) is 14.5 Å². The molecular formula is C8H15NO4. The molecule has 0 amide bonds. The minimum atomic E-state index is -0.924. The monoisotopic (exact) mass is 189 g/mol. The minimum absolute atomic E-state index is 0.0224. The van der Waals surface area contributed by atoms with Gasteiger partial charge in [-0.15, -0.1) is 0 Å². The number of nitrogens with zero attached hydrogens (tertiary/aromatic N) is 1. The van der Waals surface area contributed by atoms with Crippen LogP contribution in [-0.4, -0.2) is 46.2 Å². The van der Waals surface area contributed by atoms with Gasteiger partial charge in [-0.05, 0) is 13.5 Å². The third-order valence-corrected chi connectivity index (χ3v) is 1.92. The lowest BCUT2D eigenvalue weighted by molar-refractivity contribution is -0.144. The SMILES string of the molecule is CCN(CCC(=O)O)C(C)C(=O)O. The maximum absolute atomic E-state index is 10.6. The quantitative estimate of drug-likeness (QED) is 0.626. The Hall–Kier alpha value is -1.10. The van der Waals surface area contributed by atoms with E-state index >= 15 is 0 Å². The third kappa shape index (κ3) is 4.47. The first kappa shape index (κ1) is 11.9. The van der Waals surface area contributed by atoms with Crippen LogP contribution in [0.25, 0.3) is 0 Å². The zero-order valence-corrected chi connectivity index (χ0v) is 7.86. The van der Waals surface area contributed by atoms with E-state index in [0.29, 0.717) is 6.54 Å². The van der Waals surface area contributed by atoms with Gasteiger partial charge in [-0.1, -0.05) is 6.92 Å². The number of rotatable bonds is 6. The van der Waals surface area contributed by atoms with Crippen molar-refractivity contribution < 1.29 is 19.8 Å². The predicted molar refractivity (Wildman–Crippen MR) is 46.6 cm³/mol. The molecule has 1 atom stereocenters. The van der Waals surface area contributed by atoms with Crippen molar-refractivity contribution in [3.05, 3.63) is 0 Å². The van der Waals surface area contributed by atoms with Crippen molar-refractivity contribution in [1.29, 1.82) is 0 Å². The Bertz CT molecular complexity index is 193. The number of carbonyl (C=O) groups is 2. The average molecular weight is 189 g/mol. The van der Waals surface area contributed by atoms with E-state index in [2.05, 4.69) is 0 Å². The molecule has 0 heterocycles. The summed E-state index contributed by atoms with van der Waals surface area (Å²) in [4.78, 5) is 22.4. The molecule has 1 unspecified atom stereocenters. The number of aliphatic carboxylic acids is 2. The molecule has 0 aliphatic rings. The van der Waals surface area contributed by atoms with Gasteiger partial charge in [-0.2, -0.15) is 0 Å². The molecule has 0 aromatic rings. The fourth-order valence-corrected chi connectivity index (χ4v) is 1.02. The van der Waals surface area contributed by atoms with Crippen LogP contribution in [0.3, 0.4) is 0 Å². The van der Waals surface area contributed by atoms with E-state index < -0.39 is 18.0 Å². The molecule has 2 N–H and O–H groups in total. The first-order valence-electron chi connectivity index (χ1n) is 4.17. The van der Waals surface area contributed by atoms with E-state index in [1.165, 1.54) is 0 Å². The lowest BCUT2D eigenvalue weighted by Crippen LogP contribution is -2.39. The summed E-state index contributed by atoms with van der Waals surface area (Å²) in [7, 11) is 0. The predicted octanol–water partition coefficient (Wildman–Crippen LogP) is 0.256. The third-order valence-electron chi connectivity index (χ3n) is 1.92. The molecule has 76 valence electrons. The van der Waals surface area contributed by atoms with Gasteiger partial charge in [-0.25, -0.2) is 0 Å². The van der Waals surface area contributed by atoms with Crippen molar-refractivity contribution in [3.63, 3.8) is 0 Å². The Morgan fingerprint density at radius 1 is 1.38 bits per heavy atom. The average Bonchev–Trinajstić information content (AvgIpc) is 2.04. The van der Waals surface area contributed by atoms with Crippen LogP contribution in [-0.2, 0) is 9.59 Å². The molecular weight excluding hydrogens is 174 g/mol. The molecule has 0 fully saturated rings. The molecule has 13 heavy (non-hydrogen) atoms. The smallest absolute Gasteiger partial charge is 0.320 e. The maximum Gasteiger partial charge on any atom is 0.320 e. The van der Waals surface area contributed by atoms with Gasteiger partial charge in [0.25, 0.3) is 0 Å². The summed E-state index contributed by atoms with van der Waals surface area (Å²) in [6.45, 7) is 4.18. The zero-order chi connectivity index (χ0) is 10.4. The fourth-order valence-electron chi connectivity index (χ4n) is 1.02. The van der Waals surface area contributed by atoms with E-state index in [0.717, 1.165) is 0 Å². The molecule has 5 nitrogen and oxygen atoms in total. The summed E-state index contributed by atoms with van der Waals surface area (Å²) in [6, 6.07) is -0.621. The Morgan fingerprint density at radius 3 is 2.23 bits per heavy atom. The molecule has 0 saturated heterocycles. The van der Waals surface area contributed by atoms with Crippen LogP contribution in [0.5, 0.6) is 0 Å². The van der Waals surface area contributed by atoms with Crippen molar-refractivity contribution in [3.8, 4) is 0 Å². The van der Waals surface area contributed by atoms with E-state index in [1.54, 1.807) is 18.7 Å². The Kier molecular flexibility index (Phi) is 5.06. The summed E-state index contributed by atoms with van der Waals surface area (Å²) >= 11 is 0. The van der Waals surface area contributed by atoms with Crippen LogP contribution in [0.15, 0.2) is 0 Å². The topological polar surface area (TPSA) is 77.8 Å². The number of carboxylic acids is 2. The second kappa shape index (κ2) is 5.53. The number of hydrogen-bond acceptors (Lipinski definition) is 3. The molecule has 5 heteroatoms. The summed E-state index contributed by atoms with van der Waals surface area (Å²) < 4.78 is 0. The lowest BCUT2D eigenvalue weighted by atomic mass is 10.2. The van der Waals surface area contributed by atoms with Crippen LogP contribution in [0.1, 0.15) is 20.3 Å². The zero-order valence-electron chi connectivity index (χ0n) is 7.86. The minimum Gasteiger partial charge on any atom is -0.481 e. The Balaban J connectivity index is 4.02. The van der Waals surface area contributed by atoms with E-state index in [4.69, 9.17) is 10.2 Å². The number of carboxylic acid groups (broad SMARTS) is 2. The fraction of sp³-hybridized carbons (Fsp3) is 0.750. The molecule has 0 aliphatic carbocycles. The molecule has 0 aromatic carbocycles. The Morgan fingerprint density at radius 2 is 1.92 bits per heavy atom. The molecule has 0 rings (SSSR count). The highest BCUT2D eigenvalue weighted by Gasteiger charge is 2.19. The van der Waals surface area contributed by atoms with Crippen LogP contribution >= 0.6 is 0 Å². The van der Waals surface area contributed by atoms with Gasteiger partial charge >= 0.3 is 11.9 Å². The Labute approximate surface area is 77.0 Å². The maximum atomic E-state index is 10.6. The molecule has 0 aliphatic heterocycles. The number of likely N-dealkylation sites (N-methyl/N-ethyl adjacent to an activating group) is 1. The summed E-state index contributed by atoms with van der Waals surface area (Å²) in [5, 5.41) is 17.1. The van der Waals surface area contributed by atoms with Crippen molar-refractivity contribution >= 4 is 11.9 Å². The number of hydrogen-bond donors (Lipinski definition) is 2. The first-order chi connectivity index (χ1) is 5.99. The summed E-state index contributed by atoms with van der Waals surface area (Å²) in [5.74, 6) is -1.83. The van der Waals surface area contributed by atoms with Crippen molar-refractivity contribution in [2.45, 2.75) is 26.3 Å². The summed E-state index contributed by atoms with van der Waals surface area (Å²) in [5.41, 5.74) is 0. The highest BCUT2D eigenvalue weighted by Crippen LogP contribution is 2.00. The van der Waals surface area contributed by atoms with Crippen LogP contribution in [0, 0.1) is 0 Å². The largest absolute Gasteiger partial charge is 0.481 e. The molecule has 0 spiro atoms. The van der Waals surface area contributed by atoms with Gasteiger partial charge in [0.2, 0.25) is 0 Å². The molecule has 0 bridgehead atoms. The molecule has 0 saturated carbocycles. The normalized spacial score (nSPS) is 12.8. The molecule has 0 radical (unpaired) electrons. The van der Waals surface area contributed by atoms with E-state index in [1.807, 2.05) is 0 Å². The van der Waals surface area contributed by atoms with Crippen LogP contribution < -0.4 is 0 Å². The lowest BCUT2D eigenvalue weighted by Gasteiger charge is -2.23. The van der Waals surface area contributed by atoms with Crippen molar-refractivity contribution in [2.24, 2.45) is 0 Å². The highest BCUT2D eigenvalue weighted by molar-refractivity contribution is 5.73. The van der Waals surface area contributed by atoms with Gasteiger partial charge < -0.3 is 10.2 Å². The van der Waals surface area contributed by atoms with Crippen molar-refractivity contribution in [2.75, 3.05) is 13.1 Å². The van der Waals surface area contributed by atoms with Gasteiger partial charge in [0.15, 0.2) is 0 Å². The highest BCUT2D eigenvalue weighted by atomic mass is 16.4.